The van der Waals surface area contributed by atoms with Crippen molar-refractivity contribution in [3.8, 4) is 12.3 Å². The first-order valence-electron chi connectivity index (χ1n) is 5.70. The van der Waals surface area contributed by atoms with Gasteiger partial charge in [-0.2, -0.15) is 0 Å². The zero-order chi connectivity index (χ0) is 15.1. The summed E-state index contributed by atoms with van der Waals surface area (Å²) >= 11 is 0. The van der Waals surface area contributed by atoms with E-state index >= 15 is 0 Å². The molecule has 0 aliphatic carbocycles. The number of nitrogens with one attached hydrogen (secondary N) is 1. The summed E-state index contributed by atoms with van der Waals surface area (Å²) < 4.78 is 4.91. The number of carbonyl (C=O) groups excluding carboxylic acids is 2. The second kappa shape index (κ2) is 6.99. The molecule has 0 aliphatic heterocycles. The average molecular weight is 278 g/mol. The number of hydrogen-bond acceptors (Lipinski definition) is 4. The van der Waals surface area contributed by atoms with Crippen LogP contribution in [0.15, 0.2) is 22.8 Å². The third kappa shape index (κ3) is 4.17. The minimum Gasteiger partial charge on any atom is -0.480 e. The number of furan rings is 1. The van der Waals surface area contributed by atoms with Crippen molar-refractivity contribution in [1.29, 1.82) is 0 Å². The number of likely N-dealkylation sites (N-methyl/N-ethyl adjacent to an activating group) is 1. The van der Waals surface area contributed by atoms with Gasteiger partial charge in [0, 0.05) is 13.5 Å². The highest BCUT2D eigenvalue weighted by Gasteiger charge is 2.22. The topological polar surface area (TPSA) is 99.9 Å². The Kier molecular flexibility index (Phi) is 5.35. The van der Waals surface area contributed by atoms with Crippen LogP contribution < -0.4 is 5.32 Å². The lowest BCUT2D eigenvalue weighted by molar-refractivity contribution is -0.141. The number of amides is 2. The lowest BCUT2D eigenvalue weighted by Crippen LogP contribution is -2.45. The van der Waals surface area contributed by atoms with Gasteiger partial charge in [-0.15, -0.1) is 12.3 Å². The van der Waals surface area contributed by atoms with Gasteiger partial charge in [0.25, 0.3) is 5.91 Å². The minimum absolute atomic E-state index is 0.0960. The van der Waals surface area contributed by atoms with Crippen molar-refractivity contribution >= 4 is 17.8 Å². The molecule has 0 fully saturated rings. The lowest BCUT2D eigenvalue weighted by Gasteiger charge is -2.17. The van der Waals surface area contributed by atoms with Crippen LogP contribution in [-0.4, -0.2) is 47.4 Å². The molecule has 0 saturated carbocycles. The van der Waals surface area contributed by atoms with E-state index in [4.69, 9.17) is 15.9 Å². The van der Waals surface area contributed by atoms with Gasteiger partial charge in [-0.1, -0.05) is 0 Å². The van der Waals surface area contributed by atoms with Gasteiger partial charge >= 0.3 is 5.97 Å². The number of carbonyl (C=O) groups is 3. The van der Waals surface area contributed by atoms with Crippen molar-refractivity contribution in [3.63, 3.8) is 0 Å². The number of carboxylic acids is 1. The highest BCUT2D eigenvalue weighted by Crippen LogP contribution is 2.03. The number of carboxylic acid groups (broad SMARTS) is 1. The van der Waals surface area contributed by atoms with Gasteiger partial charge < -0.3 is 19.7 Å². The fourth-order valence-electron chi connectivity index (χ4n) is 1.43. The first kappa shape index (κ1) is 15.3. The van der Waals surface area contributed by atoms with E-state index in [-0.39, 0.29) is 18.7 Å². The molecule has 106 valence electrons. The largest absolute Gasteiger partial charge is 0.480 e. The molecule has 1 aromatic heterocycles. The predicted octanol–water partition coefficient (Wildman–Crippen LogP) is -0.0557. The van der Waals surface area contributed by atoms with E-state index in [9.17, 15) is 14.4 Å². The second-order valence-electron chi connectivity index (χ2n) is 4.01. The Balaban J connectivity index is 2.55. The third-order valence-electron chi connectivity index (χ3n) is 2.41. The van der Waals surface area contributed by atoms with Gasteiger partial charge in [-0.3, -0.25) is 9.59 Å². The van der Waals surface area contributed by atoms with Crippen molar-refractivity contribution in [2.45, 2.75) is 12.5 Å². The quantitative estimate of drug-likeness (QED) is 0.710. The Hall–Kier alpha value is -2.75. The Morgan fingerprint density at radius 3 is 2.75 bits per heavy atom. The Morgan fingerprint density at radius 1 is 1.55 bits per heavy atom. The minimum atomic E-state index is -1.23. The summed E-state index contributed by atoms with van der Waals surface area (Å²) in [4.78, 5) is 35.4. The van der Waals surface area contributed by atoms with Gasteiger partial charge in [0.1, 0.15) is 6.04 Å². The molecular weight excluding hydrogens is 264 g/mol. The van der Waals surface area contributed by atoms with E-state index in [1.165, 1.54) is 19.4 Å². The van der Waals surface area contributed by atoms with Crippen LogP contribution in [0.2, 0.25) is 0 Å². The van der Waals surface area contributed by atoms with Crippen molar-refractivity contribution in [1.82, 2.24) is 10.2 Å². The maximum Gasteiger partial charge on any atom is 0.327 e. The Labute approximate surface area is 115 Å². The summed E-state index contributed by atoms with van der Waals surface area (Å²) in [5.41, 5.74) is 0. The smallest absolute Gasteiger partial charge is 0.327 e. The molecular formula is C13H14N2O5. The van der Waals surface area contributed by atoms with Gasteiger partial charge in [-0.25, -0.2) is 4.79 Å². The van der Waals surface area contributed by atoms with Crippen LogP contribution in [0.5, 0.6) is 0 Å². The summed E-state index contributed by atoms with van der Waals surface area (Å²) in [7, 11) is 1.40. The summed E-state index contributed by atoms with van der Waals surface area (Å²) in [6.07, 6.45) is 6.23. The summed E-state index contributed by atoms with van der Waals surface area (Å²) in [5.74, 6) is -0.0612. The van der Waals surface area contributed by atoms with E-state index < -0.39 is 23.8 Å². The van der Waals surface area contributed by atoms with Crippen LogP contribution in [0.1, 0.15) is 17.0 Å². The molecule has 0 aliphatic rings. The second-order valence-corrected chi connectivity index (χ2v) is 4.01. The molecule has 2 N–H and O–H groups in total. The van der Waals surface area contributed by atoms with E-state index in [0.717, 1.165) is 4.90 Å². The normalized spacial score (nSPS) is 11.2. The van der Waals surface area contributed by atoms with Crippen LogP contribution in [0.25, 0.3) is 0 Å². The van der Waals surface area contributed by atoms with Crippen LogP contribution in [0.3, 0.4) is 0 Å². The fraction of sp³-hybridized carbons (Fsp3) is 0.308. The number of hydrogen-bond donors (Lipinski definition) is 2. The highest BCUT2D eigenvalue weighted by molar-refractivity contribution is 5.94. The zero-order valence-corrected chi connectivity index (χ0v) is 10.8. The van der Waals surface area contributed by atoms with Crippen molar-refractivity contribution in [3.05, 3.63) is 24.2 Å². The first-order valence-corrected chi connectivity index (χ1v) is 5.70. The molecule has 2 amide bonds. The predicted molar refractivity (Wildman–Crippen MR) is 68.7 cm³/mol. The molecule has 0 saturated heterocycles. The SMILES string of the molecule is C#CCC(NC(=O)CN(C)C(=O)c1ccco1)C(=O)O. The van der Waals surface area contributed by atoms with Crippen LogP contribution in [-0.2, 0) is 9.59 Å². The standard InChI is InChI=1S/C13H14N2O5/c1-3-5-9(13(18)19)14-11(16)8-15(2)12(17)10-6-4-7-20-10/h1,4,6-7,9H,5,8H2,2H3,(H,14,16)(H,18,19). The molecule has 0 spiro atoms. The van der Waals surface area contributed by atoms with Crippen LogP contribution in [0.4, 0.5) is 0 Å². The Morgan fingerprint density at radius 2 is 2.25 bits per heavy atom. The third-order valence-corrected chi connectivity index (χ3v) is 2.41. The number of rotatable bonds is 6. The molecule has 0 bridgehead atoms. The summed E-state index contributed by atoms with van der Waals surface area (Å²) in [5, 5.41) is 11.1. The lowest BCUT2D eigenvalue weighted by atomic mass is 10.2. The van der Waals surface area contributed by atoms with E-state index in [0.29, 0.717) is 0 Å². The maximum atomic E-state index is 11.8. The van der Waals surface area contributed by atoms with Gasteiger partial charge in [0.05, 0.1) is 12.8 Å². The van der Waals surface area contributed by atoms with Gasteiger partial charge in [0.15, 0.2) is 5.76 Å². The first-order chi connectivity index (χ1) is 9.45. The van der Waals surface area contributed by atoms with Crippen molar-refractivity contribution in [2.24, 2.45) is 0 Å². The van der Waals surface area contributed by atoms with E-state index in [1.807, 2.05) is 0 Å². The molecule has 1 heterocycles. The molecule has 7 heteroatoms. The molecule has 7 nitrogen and oxygen atoms in total. The van der Waals surface area contributed by atoms with Crippen molar-refractivity contribution in [2.75, 3.05) is 13.6 Å². The molecule has 1 unspecified atom stereocenters. The zero-order valence-electron chi connectivity index (χ0n) is 10.8. The molecule has 1 rings (SSSR count). The molecule has 0 aromatic carbocycles. The molecule has 20 heavy (non-hydrogen) atoms. The molecule has 0 radical (unpaired) electrons. The maximum absolute atomic E-state index is 11.8. The molecule has 1 aromatic rings. The molecule has 1 atom stereocenters. The van der Waals surface area contributed by atoms with Crippen LogP contribution >= 0.6 is 0 Å². The average Bonchev–Trinajstić information content (AvgIpc) is 2.90. The number of aliphatic carboxylic acids is 1. The monoisotopic (exact) mass is 278 g/mol. The fourth-order valence-corrected chi connectivity index (χ4v) is 1.43. The van der Waals surface area contributed by atoms with Gasteiger partial charge in [-0.05, 0) is 12.1 Å². The highest BCUT2D eigenvalue weighted by atomic mass is 16.4. The van der Waals surface area contributed by atoms with Crippen molar-refractivity contribution < 1.29 is 23.9 Å². The van der Waals surface area contributed by atoms with Gasteiger partial charge in [0.2, 0.25) is 5.91 Å². The summed E-state index contributed by atoms with van der Waals surface area (Å²) in [6, 6.07) is 1.85. The van der Waals surface area contributed by atoms with Crippen LogP contribution in [0, 0.1) is 12.3 Å². The van der Waals surface area contributed by atoms with E-state index in [1.54, 1.807) is 6.07 Å². The number of nitrogens with zero attached hydrogens (tertiary/aromatic N) is 1. The van der Waals surface area contributed by atoms with E-state index in [2.05, 4.69) is 11.2 Å². The number of terminal acetylenes is 1. The summed E-state index contributed by atoms with van der Waals surface area (Å²) in [6.45, 7) is -0.298. The Bertz CT molecular complexity index is 529.